The largest absolute Gasteiger partial charge is 0.379 e. The molecule has 0 saturated carbocycles. The second kappa shape index (κ2) is 13.2. The Balaban J connectivity index is 2.78. The summed E-state index contributed by atoms with van der Waals surface area (Å²) in [5.41, 5.74) is 0. The molecule has 0 aromatic rings. The first-order valence-corrected chi connectivity index (χ1v) is 5.89. The van der Waals surface area contributed by atoms with E-state index in [2.05, 4.69) is 19.6 Å². The van der Waals surface area contributed by atoms with Crippen LogP contribution in [0, 0.1) is 0 Å². The van der Waals surface area contributed by atoms with Gasteiger partial charge in [0.05, 0.1) is 33.0 Å². The molecule has 0 heterocycles. The van der Waals surface area contributed by atoms with Crippen LogP contribution in [-0.4, -0.2) is 45.4 Å². The van der Waals surface area contributed by atoms with Crippen molar-refractivity contribution >= 4 is 12.6 Å². The van der Waals surface area contributed by atoms with Crippen molar-refractivity contribution in [3.05, 3.63) is 0 Å². The monoisotopic (exact) mass is 222 g/mol. The van der Waals surface area contributed by atoms with Crippen molar-refractivity contribution in [1.29, 1.82) is 0 Å². The molecule has 0 radical (unpaired) electrons. The Hall–Kier alpha value is 0.230. The summed E-state index contributed by atoms with van der Waals surface area (Å²) in [6.45, 7) is 6.33. The summed E-state index contributed by atoms with van der Waals surface area (Å²) < 4.78 is 15.8. The fourth-order valence-electron chi connectivity index (χ4n) is 0.853. The summed E-state index contributed by atoms with van der Waals surface area (Å²) >= 11 is 4.03. The fourth-order valence-corrected chi connectivity index (χ4v) is 0.982. The lowest BCUT2D eigenvalue weighted by molar-refractivity contribution is 0.0169. The zero-order valence-electron chi connectivity index (χ0n) is 9.04. The molecular weight excluding hydrogens is 200 g/mol. The van der Waals surface area contributed by atoms with Crippen LogP contribution in [-0.2, 0) is 14.2 Å². The Kier molecular flexibility index (Phi) is 13.4. The first kappa shape index (κ1) is 14.2. The van der Waals surface area contributed by atoms with Crippen LogP contribution >= 0.6 is 12.6 Å². The van der Waals surface area contributed by atoms with Gasteiger partial charge in [-0.15, -0.1) is 0 Å². The molecule has 0 aromatic heterocycles. The van der Waals surface area contributed by atoms with Crippen LogP contribution in [0.15, 0.2) is 0 Å². The van der Waals surface area contributed by atoms with E-state index in [1.165, 1.54) is 6.42 Å². The van der Waals surface area contributed by atoms with Crippen LogP contribution < -0.4 is 0 Å². The maximum absolute atomic E-state index is 5.32. The SMILES string of the molecule is CCCCOCCOCCOCCS. The molecule has 0 aliphatic carbocycles. The average Bonchev–Trinajstić information content (AvgIpc) is 2.21. The maximum Gasteiger partial charge on any atom is 0.0701 e. The van der Waals surface area contributed by atoms with Crippen molar-refractivity contribution in [2.45, 2.75) is 19.8 Å². The predicted octanol–water partition coefficient (Wildman–Crippen LogP) is 1.77. The molecule has 0 aromatic carbocycles. The average molecular weight is 222 g/mol. The zero-order valence-corrected chi connectivity index (χ0v) is 9.93. The first-order chi connectivity index (χ1) is 6.91. The number of rotatable bonds is 11. The number of ether oxygens (including phenoxy) is 3. The molecule has 3 nitrogen and oxygen atoms in total. The summed E-state index contributed by atoms with van der Waals surface area (Å²) in [5.74, 6) is 0.764. The molecule has 0 aliphatic heterocycles. The molecule has 0 rings (SSSR count). The van der Waals surface area contributed by atoms with Crippen molar-refractivity contribution in [1.82, 2.24) is 0 Å². The Morgan fingerprint density at radius 1 is 0.786 bits per heavy atom. The second-order valence-corrected chi connectivity index (χ2v) is 3.36. The van der Waals surface area contributed by atoms with Gasteiger partial charge in [0.25, 0.3) is 0 Å². The molecular formula is C10H22O3S. The van der Waals surface area contributed by atoms with Crippen LogP contribution in [0.4, 0.5) is 0 Å². The third-order valence-corrected chi connectivity index (χ3v) is 1.80. The van der Waals surface area contributed by atoms with Crippen molar-refractivity contribution < 1.29 is 14.2 Å². The van der Waals surface area contributed by atoms with Gasteiger partial charge < -0.3 is 14.2 Å². The lowest BCUT2D eigenvalue weighted by Gasteiger charge is -2.05. The normalized spacial score (nSPS) is 10.7. The van der Waals surface area contributed by atoms with Gasteiger partial charge in [-0.2, -0.15) is 12.6 Å². The summed E-state index contributed by atoms with van der Waals surface area (Å²) in [5, 5.41) is 0. The number of hydrogen-bond acceptors (Lipinski definition) is 4. The summed E-state index contributed by atoms with van der Waals surface area (Å²) in [6, 6.07) is 0. The van der Waals surface area contributed by atoms with E-state index in [0.717, 1.165) is 18.8 Å². The molecule has 0 bridgehead atoms. The summed E-state index contributed by atoms with van der Waals surface area (Å²) in [4.78, 5) is 0. The van der Waals surface area contributed by atoms with Crippen molar-refractivity contribution in [2.75, 3.05) is 45.4 Å². The Bertz CT molecular complexity index is 89.4. The van der Waals surface area contributed by atoms with Gasteiger partial charge >= 0.3 is 0 Å². The molecule has 14 heavy (non-hydrogen) atoms. The van der Waals surface area contributed by atoms with Gasteiger partial charge in [-0.05, 0) is 6.42 Å². The molecule has 0 N–H and O–H groups in total. The van der Waals surface area contributed by atoms with Gasteiger partial charge in [-0.1, -0.05) is 13.3 Å². The van der Waals surface area contributed by atoms with Gasteiger partial charge in [0.2, 0.25) is 0 Å². The molecule has 0 unspecified atom stereocenters. The van der Waals surface area contributed by atoms with E-state index >= 15 is 0 Å². The minimum atomic E-state index is 0.644. The highest BCUT2D eigenvalue weighted by Crippen LogP contribution is 1.88. The van der Waals surface area contributed by atoms with E-state index in [0.29, 0.717) is 33.0 Å². The topological polar surface area (TPSA) is 27.7 Å². The van der Waals surface area contributed by atoms with E-state index in [4.69, 9.17) is 14.2 Å². The lowest BCUT2D eigenvalue weighted by atomic mass is 10.4. The molecule has 4 heteroatoms. The van der Waals surface area contributed by atoms with Crippen LogP contribution in [0.25, 0.3) is 0 Å². The lowest BCUT2D eigenvalue weighted by Crippen LogP contribution is -2.10. The van der Waals surface area contributed by atoms with Gasteiger partial charge in [0, 0.05) is 12.4 Å². The molecule has 0 saturated heterocycles. The van der Waals surface area contributed by atoms with E-state index in [-0.39, 0.29) is 0 Å². The van der Waals surface area contributed by atoms with E-state index in [1.54, 1.807) is 0 Å². The molecule has 0 spiro atoms. The molecule has 0 aliphatic rings. The van der Waals surface area contributed by atoms with Crippen LogP contribution in [0.5, 0.6) is 0 Å². The molecule has 0 amide bonds. The van der Waals surface area contributed by atoms with Gasteiger partial charge in [-0.25, -0.2) is 0 Å². The Morgan fingerprint density at radius 3 is 1.79 bits per heavy atom. The third-order valence-electron chi connectivity index (χ3n) is 1.62. The number of unbranched alkanes of at least 4 members (excludes halogenated alkanes) is 1. The summed E-state index contributed by atoms with van der Waals surface area (Å²) in [6.07, 6.45) is 2.31. The van der Waals surface area contributed by atoms with Gasteiger partial charge in [0.15, 0.2) is 0 Å². The highest BCUT2D eigenvalue weighted by Gasteiger charge is 1.90. The van der Waals surface area contributed by atoms with Crippen LogP contribution in [0.3, 0.4) is 0 Å². The number of hydrogen-bond donors (Lipinski definition) is 1. The second-order valence-electron chi connectivity index (χ2n) is 2.91. The van der Waals surface area contributed by atoms with Crippen molar-refractivity contribution in [2.24, 2.45) is 0 Å². The Labute approximate surface area is 92.5 Å². The smallest absolute Gasteiger partial charge is 0.0701 e. The minimum Gasteiger partial charge on any atom is -0.379 e. The Morgan fingerprint density at radius 2 is 1.29 bits per heavy atom. The van der Waals surface area contributed by atoms with E-state index < -0.39 is 0 Å². The number of thiol groups is 1. The van der Waals surface area contributed by atoms with Crippen molar-refractivity contribution in [3.8, 4) is 0 Å². The summed E-state index contributed by atoms with van der Waals surface area (Å²) in [7, 11) is 0. The third kappa shape index (κ3) is 12.2. The first-order valence-electron chi connectivity index (χ1n) is 5.26. The van der Waals surface area contributed by atoms with Gasteiger partial charge in [0.1, 0.15) is 0 Å². The van der Waals surface area contributed by atoms with Gasteiger partial charge in [-0.3, -0.25) is 0 Å². The fraction of sp³-hybridized carbons (Fsp3) is 1.00. The minimum absolute atomic E-state index is 0.644. The quantitative estimate of drug-likeness (QED) is 0.426. The highest BCUT2D eigenvalue weighted by atomic mass is 32.1. The molecule has 86 valence electrons. The van der Waals surface area contributed by atoms with E-state index in [1.807, 2.05) is 0 Å². The zero-order chi connectivity index (χ0) is 10.5. The molecule has 0 atom stereocenters. The highest BCUT2D eigenvalue weighted by molar-refractivity contribution is 7.80. The van der Waals surface area contributed by atoms with Crippen LogP contribution in [0.1, 0.15) is 19.8 Å². The maximum atomic E-state index is 5.32. The van der Waals surface area contributed by atoms with Crippen LogP contribution in [0.2, 0.25) is 0 Å². The van der Waals surface area contributed by atoms with Crippen molar-refractivity contribution in [3.63, 3.8) is 0 Å². The van der Waals surface area contributed by atoms with E-state index in [9.17, 15) is 0 Å². The molecule has 0 fully saturated rings. The predicted molar refractivity (Wildman–Crippen MR) is 61.2 cm³/mol. The standard InChI is InChI=1S/C10H22O3S/c1-2-3-4-11-5-6-12-7-8-13-9-10-14/h14H,2-10H2,1H3.